The molecule has 0 saturated carbocycles. The molecule has 0 aromatic rings. The van der Waals surface area contributed by atoms with E-state index < -0.39 is 0 Å². The number of hydrogen-bond donors (Lipinski definition) is 1. The molecule has 0 unspecified atom stereocenters. The molecule has 1 fully saturated rings. The van der Waals surface area contributed by atoms with Crippen molar-refractivity contribution in [1.29, 1.82) is 0 Å². The van der Waals surface area contributed by atoms with E-state index >= 15 is 0 Å². The Labute approximate surface area is 98.4 Å². The molecule has 1 saturated heterocycles. The second-order valence-corrected chi connectivity index (χ2v) is 4.03. The Morgan fingerprint density at radius 1 is 1.24 bits per heavy atom. The summed E-state index contributed by atoms with van der Waals surface area (Å²) >= 11 is 0. The minimum Gasteiger partial charge on any atom is -0.342 e. The predicted octanol–water partition coefficient (Wildman–Crippen LogP) is -1.45. The van der Waals surface area contributed by atoms with Crippen LogP contribution in [0.25, 0.3) is 0 Å². The number of piperazine rings is 1. The van der Waals surface area contributed by atoms with Gasteiger partial charge in [0.1, 0.15) is 5.71 Å². The highest BCUT2D eigenvalue weighted by Gasteiger charge is 2.26. The Balaban J connectivity index is 1.93. The van der Waals surface area contributed by atoms with Crippen LogP contribution in [0, 0.1) is 0 Å². The minimum absolute atomic E-state index is 0.143. The third-order valence-electron chi connectivity index (χ3n) is 2.90. The lowest BCUT2D eigenvalue weighted by Crippen LogP contribution is -2.50. The number of nitrogens with zero attached hydrogens (tertiary/aromatic N) is 3. The first-order valence-corrected chi connectivity index (χ1v) is 5.54. The van der Waals surface area contributed by atoms with Gasteiger partial charge in [-0.25, -0.2) is 5.43 Å². The van der Waals surface area contributed by atoms with E-state index in [2.05, 4.69) is 10.5 Å². The van der Waals surface area contributed by atoms with E-state index in [-0.39, 0.29) is 11.8 Å². The van der Waals surface area contributed by atoms with Crippen molar-refractivity contribution in [3.63, 3.8) is 0 Å². The lowest BCUT2D eigenvalue weighted by atomic mass is 10.1. The summed E-state index contributed by atoms with van der Waals surface area (Å²) in [7, 11) is 0. The van der Waals surface area contributed by atoms with Crippen molar-refractivity contribution in [3.8, 4) is 0 Å². The van der Waals surface area contributed by atoms with Crippen molar-refractivity contribution in [2.45, 2.75) is 12.8 Å². The molecule has 2 aliphatic rings. The van der Waals surface area contributed by atoms with Crippen LogP contribution < -0.4 is 5.43 Å². The van der Waals surface area contributed by atoms with Gasteiger partial charge in [0.25, 0.3) is 5.91 Å². The Morgan fingerprint density at radius 3 is 2.47 bits per heavy atom. The molecular weight excluding hydrogens is 224 g/mol. The zero-order valence-corrected chi connectivity index (χ0v) is 9.39. The molecule has 0 spiro atoms. The van der Waals surface area contributed by atoms with Crippen LogP contribution in [0.3, 0.4) is 0 Å². The van der Waals surface area contributed by atoms with Crippen molar-refractivity contribution in [3.05, 3.63) is 0 Å². The van der Waals surface area contributed by atoms with Crippen LogP contribution in [0.15, 0.2) is 5.10 Å². The standard InChI is InChI=1S/C10H14N4O3/c15-7-13-3-5-14(6-4-13)10(17)8-1-2-9(16)12-11-8/h7H,1-6H2,(H,12,16). The summed E-state index contributed by atoms with van der Waals surface area (Å²) in [6, 6.07) is 0. The summed E-state index contributed by atoms with van der Waals surface area (Å²) in [5, 5.41) is 3.77. The second kappa shape index (κ2) is 4.94. The van der Waals surface area contributed by atoms with Gasteiger partial charge < -0.3 is 9.80 Å². The molecule has 0 aromatic carbocycles. The number of carbonyl (C=O) groups excluding carboxylic acids is 3. The zero-order chi connectivity index (χ0) is 12.3. The molecule has 0 atom stereocenters. The normalized spacial score (nSPS) is 20.7. The molecule has 0 aromatic heterocycles. The van der Waals surface area contributed by atoms with Crippen molar-refractivity contribution < 1.29 is 14.4 Å². The lowest BCUT2D eigenvalue weighted by Gasteiger charge is -2.33. The Hall–Kier alpha value is -1.92. The van der Waals surface area contributed by atoms with E-state index in [4.69, 9.17) is 0 Å². The van der Waals surface area contributed by atoms with E-state index in [0.717, 1.165) is 6.41 Å². The van der Waals surface area contributed by atoms with Gasteiger partial charge in [-0.3, -0.25) is 14.4 Å². The highest BCUT2D eigenvalue weighted by molar-refractivity contribution is 6.39. The van der Waals surface area contributed by atoms with E-state index in [9.17, 15) is 14.4 Å². The van der Waals surface area contributed by atoms with Gasteiger partial charge in [0, 0.05) is 39.0 Å². The molecule has 92 valence electrons. The topological polar surface area (TPSA) is 82.1 Å². The largest absolute Gasteiger partial charge is 0.342 e. The van der Waals surface area contributed by atoms with Gasteiger partial charge in [0.2, 0.25) is 12.3 Å². The first-order valence-electron chi connectivity index (χ1n) is 5.54. The maximum absolute atomic E-state index is 12.0. The maximum atomic E-state index is 12.0. The highest BCUT2D eigenvalue weighted by Crippen LogP contribution is 2.06. The Morgan fingerprint density at radius 2 is 1.94 bits per heavy atom. The quantitative estimate of drug-likeness (QED) is 0.598. The fourth-order valence-corrected chi connectivity index (χ4v) is 1.84. The third-order valence-corrected chi connectivity index (χ3v) is 2.90. The summed E-state index contributed by atoms with van der Waals surface area (Å²) < 4.78 is 0. The Bertz CT molecular complexity index is 372. The van der Waals surface area contributed by atoms with E-state index in [1.165, 1.54) is 0 Å². The van der Waals surface area contributed by atoms with Gasteiger partial charge in [-0.15, -0.1) is 0 Å². The van der Waals surface area contributed by atoms with Crippen LogP contribution >= 0.6 is 0 Å². The molecular formula is C10H14N4O3. The van der Waals surface area contributed by atoms with Crippen molar-refractivity contribution in [1.82, 2.24) is 15.2 Å². The molecule has 1 N–H and O–H groups in total. The van der Waals surface area contributed by atoms with Crippen molar-refractivity contribution in [2.75, 3.05) is 26.2 Å². The predicted molar refractivity (Wildman–Crippen MR) is 59.0 cm³/mol. The molecule has 17 heavy (non-hydrogen) atoms. The molecule has 7 heteroatoms. The van der Waals surface area contributed by atoms with Gasteiger partial charge in [-0.1, -0.05) is 0 Å². The van der Waals surface area contributed by atoms with Crippen LogP contribution in [0.4, 0.5) is 0 Å². The van der Waals surface area contributed by atoms with Crippen molar-refractivity contribution >= 4 is 23.9 Å². The first-order chi connectivity index (χ1) is 8.20. The number of hydrogen-bond acceptors (Lipinski definition) is 4. The number of nitrogens with one attached hydrogen (secondary N) is 1. The highest BCUT2D eigenvalue weighted by atomic mass is 16.2. The molecule has 0 radical (unpaired) electrons. The summed E-state index contributed by atoms with van der Waals surface area (Å²) in [5.74, 6) is -0.303. The van der Waals surface area contributed by atoms with Crippen LogP contribution in [0.5, 0.6) is 0 Å². The van der Waals surface area contributed by atoms with Crippen LogP contribution in [-0.4, -0.2) is 59.9 Å². The maximum Gasteiger partial charge on any atom is 0.270 e. The van der Waals surface area contributed by atoms with Gasteiger partial charge >= 0.3 is 0 Å². The van der Waals surface area contributed by atoms with E-state index in [0.29, 0.717) is 44.7 Å². The average Bonchev–Trinajstić information content (AvgIpc) is 2.39. The fraction of sp³-hybridized carbons (Fsp3) is 0.600. The zero-order valence-electron chi connectivity index (χ0n) is 9.39. The summed E-state index contributed by atoms with van der Waals surface area (Å²) in [6.07, 6.45) is 1.48. The van der Waals surface area contributed by atoms with Crippen LogP contribution in [0.2, 0.25) is 0 Å². The van der Waals surface area contributed by atoms with Crippen LogP contribution in [0.1, 0.15) is 12.8 Å². The summed E-state index contributed by atoms with van der Waals surface area (Å²) in [6.45, 7) is 2.14. The van der Waals surface area contributed by atoms with Gasteiger partial charge in [0.05, 0.1) is 0 Å². The molecule has 3 amide bonds. The smallest absolute Gasteiger partial charge is 0.270 e. The second-order valence-electron chi connectivity index (χ2n) is 4.03. The molecule has 2 heterocycles. The van der Waals surface area contributed by atoms with E-state index in [1.807, 2.05) is 0 Å². The monoisotopic (exact) mass is 238 g/mol. The van der Waals surface area contributed by atoms with Crippen LogP contribution in [-0.2, 0) is 14.4 Å². The van der Waals surface area contributed by atoms with Crippen molar-refractivity contribution in [2.24, 2.45) is 5.10 Å². The number of hydrazone groups is 1. The van der Waals surface area contributed by atoms with Gasteiger partial charge in [-0.05, 0) is 0 Å². The Kier molecular flexibility index (Phi) is 3.36. The SMILES string of the molecule is O=CN1CCN(C(=O)C2=NNC(=O)CC2)CC1. The van der Waals surface area contributed by atoms with Gasteiger partial charge in [0.15, 0.2) is 0 Å². The fourth-order valence-electron chi connectivity index (χ4n) is 1.84. The van der Waals surface area contributed by atoms with E-state index in [1.54, 1.807) is 9.80 Å². The molecule has 0 aliphatic carbocycles. The summed E-state index contributed by atoms with van der Waals surface area (Å²) in [5.41, 5.74) is 2.70. The first kappa shape index (κ1) is 11.6. The summed E-state index contributed by atoms with van der Waals surface area (Å²) in [4.78, 5) is 36.7. The third kappa shape index (κ3) is 2.61. The molecule has 2 aliphatic heterocycles. The number of carbonyl (C=O) groups is 3. The minimum atomic E-state index is -0.160. The number of rotatable bonds is 2. The van der Waals surface area contributed by atoms with Gasteiger partial charge in [-0.2, -0.15) is 5.10 Å². The molecule has 2 rings (SSSR count). The molecule has 7 nitrogen and oxygen atoms in total. The number of amides is 3. The molecule has 0 bridgehead atoms. The lowest BCUT2D eigenvalue weighted by molar-refractivity contribution is -0.129. The average molecular weight is 238 g/mol.